The highest BCUT2D eigenvalue weighted by atomic mass is 19.1. The highest BCUT2D eigenvalue weighted by molar-refractivity contribution is 5.88. The second-order valence-electron chi connectivity index (χ2n) is 4.04. The Hall–Kier alpha value is -2.47. The molecule has 0 spiro atoms. The maximum Gasteiger partial charge on any atom is 0.336 e. The van der Waals surface area contributed by atoms with Gasteiger partial charge in [0.15, 0.2) is 5.76 Å². The van der Waals surface area contributed by atoms with Crippen molar-refractivity contribution in [2.24, 2.45) is 0 Å². The van der Waals surface area contributed by atoms with Gasteiger partial charge in [-0.3, -0.25) is 0 Å². The molecule has 1 N–H and O–H groups in total. The van der Waals surface area contributed by atoms with Gasteiger partial charge in [0, 0.05) is 11.6 Å². The molecule has 1 aromatic carbocycles. The van der Waals surface area contributed by atoms with Crippen LogP contribution in [0.1, 0.15) is 11.8 Å². The summed E-state index contributed by atoms with van der Waals surface area (Å²) in [6.07, 6.45) is -1.32. The zero-order valence-corrected chi connectivity index (χ0v) is 10.7. The number of aromatic nitrogens is 1. The van der Waals surface area contributed by atoms with Gasteiger partial charge in [0.1, 0.15) is 17.6 Å². The smallest absolute Gasteiger partial charge is 0.336 e. The highest BCUT2D eigenvalue weighted by Gasteiger charge is 2.22. The number of aliphatic hydroxyl groups excluding tert-OH is 1. The van der Waals surface area contributed by atoms with Gasteiger partial charge in [-0.2, -0.15) is 0 Å². The third-order valence-electron chi connectivity index (χ3n) is 2.71. The molecule has 1 atom stereocenters. The Morgan fingerprint density at radius 3 is 2.70 bits per heavy atom. The Labute approximate surface area is 114 Å². The number of halogens is 1. The van der Waals surface area contributed by atoms with Gasteiger partial charge < -0.3 is 14.4 Å². The van der Waals surface area contributed by atoms with Crippen molar-refractivity contribution in [3.63, 3.8) is 0 Å². The maximum atomic E-state index is 12.8. The minimum Gasteiger partial charge on any atom is -0.466 e. The van der Waals surface area contributed by atoms with Gasteiger partial charge in [0.25, 0.3) is 0 Å². The third kappa shape index (κ3) is 2.75. The lowest BCUT2D eigenvalue weighted by Gasteiger charge is -2.07. The predicted octanol–water partition coefficient (Wildman–Crippen LogP) is 2.24. The molecule has 1 heterocycles. The van der Waals surface area contributed by atoms with E-state index in [1.54, 1.807) is 0 Å². The molecule has 20 heavy (non-hydrogen) atoms. The summed E-state index contributed by atoms with van der Waals surface area (Å²) in [4.78, 5) is 11.3. The van der Waals surface area contributed by atoms with Crippen LogP contribution in [0.25, 0.3) is 11.3 Å². The van der Waals surface area contributed by atoms with Crippen LogP contribution in [0.3, 0.4) is 0 Å². The summed E-state index contributed by atoms with van der Waals surface area (Å²) in [5, 5.41) is 13.6. The summed E-state index contributed by atoms with van der Waals surface area (Å²) in [5.41, 5.74) is 0.576. The van der Waals surface area contributed by atoms with Crippen molar-refractivity contribution in [2.45, 2.75) is 6.10 Å². The van der Waals surface area contributed by atoms with Crippen LogP contribution >= 0.6 is 0 Å². The van der Waals surface area contributed by atoms with Crippen LogP contribution in [0.4, 0.5) is 4.39 Å². The fraction of sp³-hybridized carbons (Fsp3) is 0.143. The van der Waals surface area contributed by atoms with Gasteiger partial charge in [-0.05, 0) is 24.3 Å². The second-order valence-corrected chi connectivity index (χ2v) is 4.04. The first-order chi connectivity index (χ1) is 9.52. The fourth-order valence-electron chi connectivity index (χ4n) is 1.59. The van der Waals surface area contributed by atoms with E-state index in [1.165, 1.54) is 37.4 Å². The number of carbonyl (C=O) groups excluding carboxylic acids is 1. The number of esters is 1. The number of hydrogen-bond donors (Lipinski definition) is 1. The van der Waals surface area contributed by atoms with E-state index in [2.05, 4.69) is 16.5 Å². The summed E-state index contributed by atoms with van der Waals surface area (Å²) in [6, 6.07) is 7.04. The molecule has 2 aromatic rings. The monoisotopic (exact) mass is 277 g/mol. The van der Waals surface area contributed by atoms with Gasteiger partial charge >= 0.3 is 5.97 Å². The molecule has 0 aliphatic heterocycles. The van der Waals surface area contributed by atoms with E-state index in [9.17, 15) is 14.3 Å². The van der Waals surface area contributed by atoms with E-state index < -0.39 is 12.1 Å². The Bertz CT molecular complexity index is 633. The number of benzene rings is 1. The summed E-state index contributed by atoms with van der Waals surface area (Å²) in [7, 11) is 1.19. The molecule has 0 saturated carbocycles. The number of carbonyl (C=O) groups is 1. The SMILES string of the molecule is C=C(C(=O)OC)C(O)c1cc(-c2ccc(F)cc2)on1. The first-order valence-corrected chi connectivity index (χ1v) is 5.70. The van der Waals surface area contributed by atoms with E-state index in [4.69, 9.17) is 4.52 Å². The van der Waals surface area contributed by atoms with E-state index in [0.717, 1.165) is 0 Å². The molecular weight excluding hydrogens is 265 g/mol. The van der Waals surface area contributed by atoms with Crippen LogP contribution in [-0.4, -0.2) is 23.3 Å². The topological polar surface area (TPSA) is 72.6 Å². The van der Waals surface area contributed by atoms with E-state index in [-0.39, 0.29) is 17.1 Å². The lowest BCUT2D eigenvalue weighted by molar-refractivity contribution is -0.137. The molecular formula is C14H12FNO4. The molecule has 1 unspecified atom stereocenters. The molecule has 0 saturated heterocycles. The van der Waals surface area contributed by atoms with E-state index >= 15 is 0 Å². The number of hydrogen-bond acceptors (Lipinski definition) is 5. The molecule has 1 aromatic heterocycles. The molecule has 0 radical (unpaired) electrons. The standard InChI is InChI=1S/C14H12FNO4/c1-8(14(18)19-2)13(17)11-7-12(20-16-11)9-3-5-10(15)6-4-9/h3-7,13,17H,1H2,2H3. The third-order valence-corrected chi connectivity index (χ3v) is 2.71. The van der Waals surface area contributed by atoms with Crippen molar-refractivity contribution in [3.05, 3.63) is 54.0 Å². The van der Waals surface area contributed by atoms with Crippen LogP contribution < -0.4 is 0 Å². The van der Waals surface area contributed by atoms with Crippen molar-refractivity contribution in [1.29, 1.82) is 0 Å². The highest BCUT2D eigenvalue weighted by Crippen LogP contribution is 2.26. The number of nitrogens with zero attached hydrogens (tertiary/aromatic N) is 1. The molecule has 0 aliphatic carbocycles. The average molecular weight is 277 g/mol. The molecule has 0 fully saturated rings. The Kier molecular flexibility index (Phi) is 3.95. The second kappa shape index (κ2) is 5.66. The Morgan fingerprint density at radius 2 is 2.10 bits per heavy atom. The minimum absolute atomic E-state index is 0.125. The molecule has 0 bridgehead atoms. The molecule has 2 rings (SSSR count). The average Bonchev–Trinajstić information content (AvgIpc) is 2.95. The van der Waals surface area contributed by atoms with Crippen molar-refractivity contribution in [2.75, 3.05) is 7.11 Å². The molecule has 5 nitrogen and oxygen atoms in total. The van der Waals surface area contributed by atoms with Crippen molar-refractivity contribution in [3.8, 4) is 11.3 Å². The van der Waals surface area contributed by atoms with Crippen LogP contribution in [0.2, 0.25) is 0 Å². The van der Waals surface area contributed by atoms with E-state index in [0.29, 0.717) is 11.3 Å². The van der Waals surface area contributed by atoms with Crippen LogP contribution in [-0.2, 0) is 9.53 Å². The van der Waals surface area contributed by atoms with Crippen molar-refractivity contribution >= 4 is 5.97 Å². The number of ether oxygens (including phenoxy) is 1. The van der Waals surface area contributed by atoms with Crippen LogP contribution in [0.15, 0.2) is 47.0 Å². The summed E-state index contributed by atoms with van der Waals surface area (Å²) < 4.78 is 22.3. The lowest BCUT2D eigenvalue weighted by Crippen LogP contribution is -2.12. The van der Waals surface area contributed by atoms with Gasteiger partial charge in [-0.1, -0.05) is 11.7 Å². The summed E-state index contributed by atoms with van der Waals surface area (Å²) >= 11 is 0. The van der Waals surface area contributed by atoms with Crippen LogP contribution in [0, 0.1) is 5.82 Å². The minimum atomic E-state index is -1.32. The Morgan fingerprint density at radius 1 is 1.45 bits per heavy atom. The lowest BCUT2D eigenvalue weighted by atomic mass is 10.1. The Balaban J connectivity index is 2.22. The molecule has 0 aliphatic rings. The zero-order chi connectivity index (χ0) is 14.7. The summed E-state index contributed by atoms with van der Waals surface area (Å²) in [5.74, 6) is -0.756. The van der Waals surface area contributed by atoms with Gasteiger partial charge in [0.05, 0.1) is 12.7 Å². The molecule has 0 amide bonds. The van der Waals surface area contributed by atoms with Gasteiger partial charge in [-0.15, -0.1) is 0 Å². The quantitative estimate of drug-likeness (QED) is 0.685. The van der Waals surface area contributed by atoms with E-state index in [1.807, 2.05) is 0 Å². The van der Waals surface area contributed by atoms with Gasteiger partial charge in [0.2, 0.25) is 0 Å². The fourth-order valence-corrected chi connectivity index (χ4v) is 1.59. The predicted molar refractivity (Wildman–Crippen MR) is 68.0 cm³/mol. The van der Waals surface area contributed by atoms with Crippen molar-refractivity contribution < 1.29 is 23.6 Å². The normalized spacial score (nSPS) is 11.9. The first kappa shape index (κ1) is 14.0. The maximum absolute atomic E-state index is 12.8. The molecule has 104 valence electrons. The zero-order valence-electron chi connectivity index (χ0n) is 10.7. The largest absolute Gasteiger partial charge is 0.466 e. The van der Waals surface area contributed by atoms with Crippen LogP contribution in [0.5, 0.6) is 0 Å². The number of methoxy groups -OCH3 is 1. The number of rotatable bonds is 4. The van der Waals surface area contributed by atoms with Gasteiger partial charge in [-0.25, -0.2) is 9.18 Å². The molecule has 6 heteroatoms. The number of aliphatic hydroxyl groups is 1. The van der Waals surface area contributed by atoms with Crippen molar-refractivity contribution in [1.82, 2.24) is 5.16 Å². The summed E-state index contributed by atoms with van der Waals surface area (Å²) in [6.45, 7) is 3.44. The first-order valence-electron chi connectivity index (χ1n) is 5.70.